The molecule has 0 spiro atoms. The Hall–Kier alpha value is -4.92. The summed E-state index contributed by atoms with van der Waals surface area (Å²) in [5.74, 6) is -1.82. The van der Waals surface area contributed by atoms with Gasteiger partial charge in [-0.25, -0.2) is 8.78 Å². The van der Waals surface area contributed by atoms with Crippen molar-refractivity contribution < 1.29 is 22.8 Å². The summed E-state index contributed by atoms with van der Waals surface area (Å²) in [6.45, 7) is 1.82. The minimum atomic E-state index is -0.660. The Morgan fingerprint density at radius 3 is 2.40 bits per heavy atom. The molecule has 3 aromatic carbocycles. The standard InChI is InChI=1S/C31H24F2N4O3/c1-17-5-6-19(29(38)36-31(13-14-31)24-4-3-15-35-37-24)16-22(17)21-11-12-23-25(27(21)33)26(30(39)34-2)28(40-23)18-7-9-20(32)10-8-18/h3-12,15-16H,13-14H2,1-2H3,(H,34,39)(H,36,38). The monoisotopic (exact) mass is 538 g/mol. The predicted molar refractivity (Wildman–Crippen MR) is 146 cm³/mol. The van der Waals surface area contributed by atoms with Crippen LogP contribution in [0.4, 0.5) is 8.78 Å². The fourth-order valence-electron chi connectivity index (χ4n) is 4.97. The van der Waals surface area contributed by atoms with Crippen molar-refractivity contribution in [2.24, 2.45) is 0 Å². The number of halogens is 2. The van der Waals surface area contributed by atoms with Crippen molar-refractivity contribution in [3.05, 3.63) is 107 Å². The van der Waals surface area contributed by atoms with Crippen molar-refractivity contribution in [3.63, 3.8) is 0 Å². The Balaban J connectivity index is 1.43. The summed E-state index contributed by atoms with van der Waals surface area (Å²) in [5.41, 5.74) is 2.58. The molecule has 0 atom stereocenters. The molecule has 40 heavy (non-hydrogen) atoms. The molecular formula is C31H24F2N4O3. The molecule has 2 heterocycles. The molecule has 7 nitrogen and oxygen atoms in total. The first-order valence-corrected chi connectivity index (χ1v) is 12.8. The van der Waals surface area contributed by atoms with Gasteiger partial charge < -0.3 is 15.1 Å². The van der Waals surface area contributed by atoms with Gasteiger partial charge in [0.1, 0.15) is 23.0 Å². The minimum Gasteiger partial charge on any atom is -0.455 e. The van der Waals surface area contributed by atoms with Crippen LogP contribution in [0.1, 0.15) is 44.8 Å². The molecule has 1 fully saturated rings. The van der Waals surface area contributed by atoms with Crippen molar-refractivity contribution in [1.82, 2.24) is 20.8 Å². The fourth-order valence-corrected chi connectivity index (χ4v) is 4.97. The number of aryl methyl sites for hydroxylation is 1. The summed E-state index contributed by atoms with van der Waals surface area (Å²) in [6.07, 6.45) is 3.08. The summed E-state index contributed by atoms with van der Waals surface area (Å²) in [4.78, 5) is 26.2. The van der Waals surface area contributed by atoms with Gasteiger partial charge in [0, 0.05) is 29.9 Å². The van der Waals surface area contributed by atoms with E-state index in [-0.39, 0.29) is 33.8 Å². The van der Waals surface area contributed by atoms with E-state index in [2.05, 4.69) is 20.8 Å². The Labute approximate surface area is 228 Å². The Bertz CT molecular complexity index is 1780. The first-order valence-electron chi connectivity index (χ1n) is 12.8. The van der Waals surface area contributed by atoms with E-state index in [1.54, 1.807) is 42.6 Å². The molecule has 1 aliphatic rings. The first-order chi connectivity index (χ1) is 19.3. The molecule has 2 amide bonds. The van der Waals surface area contributed by atoms with Gasteiger partial charge in [-0.1, -0.05) is 6.07 Å². The minimum absolute atomic E-state index is 0.00464. The summed E-state index contributed by atoms with van der Waals surface area (Å²) in [7, 11) is 1.44. The number of aromatic nitrogens is 2. The molecule has 9 heteroatoms. The smallest absolute Gasteiger partial charge is 0.255 e. The van der Waals surface area contributed by atoms with E-state index in [9.17, 15) is 14.0 Å². The summed E-state index contributed by atoms with van der Waals surface area (Å²) in [5, 5.41) is 13.7. The highest BCUT2D eigenvalue weighted by atomic mass is 19.1. The highest BCUT2D eigenvalue weighted by Gasteiger charge is 2.47. The molecule has 2 aromatic heterocycles. The topological polar surface area (TPSA) is 97.1 Å². The second-order valence-electron chi connectivity index (χ2n) is 9.87. The van der Waals surface area contributed by atoms with Crippen LogP contribution in [0.3, 0.4) is 0 Å². The zero-order valence-electron chi connectivity index (χ0n) is 21.7. The highest BCUT2D eigenvalue weighted by molar-refractivity contribution is 6.12. The van der Waals surface area contributed by atoms with E-state index < -0.39 is 23.1 Å². The lowest BCUT2D eigenvalue weighted by atomic mass is 9.94. The van der Waals surface area contributed by atoms with Crippen LogP contribution in [-0.4, -0.2) is 29.1 Å². The Morgan fingerprint density at radius 1 is 0.950 bits per heavy atom. The fraction of sp³-hybridized carbons (Fsp3) is 0.161. The number of fused-ring (bicyclic) bond motifs is 1. The molecule has 6 rings (SSSR count). The van der Waals surface area contributed by atoms with Gasteiger partial charge in [0.15, 0.2) is 0 Å². The van der Waals surface area contributed by atoms with Gasteiger partial charge in [-0.2, -0.15) is 10.2 Å². The Morgan fingerprint density at radius 2 is 1.73 bits per heavy atom. The van der Waals surface area contributed by atoms with Crippen LogP contribution in [0.2, 0.25) is 0 Å². The van der Waals surface area contributed by atoms with Crippen molar-refractivity contribution in [1.29, 1.82) is 0 Å². The number of carbonyl (C=O) groups is 2. The summed E-state index contributed by atoms with van der Waals surface area (Å²) < 4.78 is 35.8. The zero-order chi connectivity index (χ0) is 28.0. The third-order valence-electron chi connectivity index (χ3n) is 7.31. The quantitative estimate of drug-likeness (QED) is 0.280. The molecule has 1 saturated carbocycles. The van der Waals surface area contributed by atoms with Gasteiger partial charge in [-0.15, -0.1) is 0 Å². The number of amides is 2. The van der Waals surface area contributed by atoms with E-state index in [1.807, 2.05) is 13.0 Å². The maximum atomic E-state index is 16.3. The van der Waals surface area contributed by atoms with Crippen LogP contribution < -0.4 is 10.6 Å². The number of hydrogen-bond acceptors (Lipinski definition) is 5. The lowest BCUT2D eigenvalue weighted by molar-refractivity contribution is 0.0927. The van der Waals surface area contributed by atoms with Gasteiger partial charge in [0.2, 0.25) is 0 Å². The number of hydrogen-bond donors (Lipinski definition) is 2. The van der Waals surface area contributed by atoms with Crippen LogP contribution in [0.5, 0.6) is 0 Å². The van der Waals surface area contributed by atoms with E-state index in [4.69, 9.17) is 4.42 Å². The van der Waals surface area contributed by atoms with E-state index in [0.29, 0.717) is 22.4 Å². The molecule has 0 radical (unpaired) electrons. The van der Waals surface area contributed by atoms with Gasteiger partial charge >= 0.3 is 0 Å². The van der Waals surface area contributed by atoms with Crippen LogP contribution in [0.15, 0.2) is 77.3 Å². The summed E-state index contributed by atoms with van der Waals surface area (Å²) >= 11 is 0. The van der Waals surface area contributed by atoms with E-state index in [1.165, 1.54) is 31.3 Å². The average molecular weight is 539 g/mol. The lowest BCUT2D eigenvalue weighted by Gasteiger charge is -2.17. The number of carbonyl (C=O) groups excluding carboxylic acids is 2. The molecule has 5 aromatic rings. The molecule has 1 aliphatic carbocycles. The second kappa shape index (κ2) is 9.68. The van der Waals surface area contributed by atoms with E-state index >= 15 is 4.39 Å². The number of furan rings is 1. The molecule has 2 N–H and O–H groups in total. The number of rotatable bonds is 6. The van der Waals surface area contributed by atoms with Gasteiger partial charge in [0.25, 0.3) is 11.8 Å². The molecular weight excluding hydrogens is 514 g/mol. The lowest BCUT2D eigenvalue weighted by Crippen LogP contribution is -2.35. The van der Waals surface area contributed by atoms with E-state index in [0.717, 1.165) is 18.4 Å². The zero-order valence-corrected chi connectivity index (χ0v) is 21.7. The molecule has 200 valence electrons. The average Bonchev–Trinajstić information content (AvgIpc) is 3.65. The van der Waals surface area contributed by atoms with Crippen LogP contribution in [0.25, 0.3) is 33.4 Å². The number of nitrogens with one attached hydrogen (secondary N) is 2. The number of nitrogens with zero attached hydrogens (tertiary/aromatic N) is 2. The third kappa shape index (κ3) is 4.29. The molecule has 0 unspecified atom stereocenters. The van der Waals surface area contributed by atoms with Crippen molar-refractivity contribution >= 4 is 22.8 Å². The normalized spacial score (nSPS) is 13.7. The molecule has 0 bridgehead atoms. The van der Waals surface area contributed by atoms with Gasteiger partial charge in [0.05, 0.1) is 22.2 Å². The SMILES string of the molecule is CNC(=O)c1c(-c2ccc(F)cc2)oc2ccc(-c3cc(C(=O)NC4(c5cccnn5)CC4)ccc3C)c(F)c12. The third-order valence-corrected chi connectivity index (χ3v) is 7.31. The maximum Gasteiger partial charge on any atom is 0.255 e. The molecule has 0 aliphatic heterocycles. The van der Waals surface area contributed by atoms with Crippen molar-refractivity contribution in [3.8, 4) is 22.5 Å². The number of benzene rings is 3. The maximum absolute atomic E-state index is 16.3. The van der Waals surface area contributed by atoms with Crippen LogP contribution in [0, 0.1) is 18.6 Å². The van der Waals surface area contributed by atoms with Crippen molar-refractivity contribution in [2.75, 3.05) is 7.05 Å². The largest absolute Gasteiger partial charge is 0.455 e. The van der Waals surface area contributed by atoms with Gasteiger partial charge in [-0.3, -0.25) is 9.59 Å². The van der Waals surface area contributed by atoms with Crippen LogP contribution in [-0.2, 0) is 5.54 Å². The highest BCUT2D eigenvalue weighted by Crippen LogP contribution is 2.45. The van der Waals surface area contributed by atoms with Crippen molar-refractivity contribution in [2.45, 2.75) is 25.3 Å². The van der Waals surface area contributed by atoms with Gasteiger partial charge in [-0.05, 0) is 91.6 Å². The molecule has 0 saturated heterocycles. The second-order valence-corrected chi connectivity index (χ2v) is 9.87. The Kier molecular flexibility index (Phi) is 6.14. The summed E-state index contributed by atoms with van der Waals surface area (Å²) in [6, 6.07) is 17.3. The van der Waals surface area contributed by atoms with Crippen LogP contribution >= 0.6 is 0 Å². The predicted octanol–water partition coefficient (Wildman–Crippen LogP) is 5.92. The first kappa shape index (κ1) is 25.4.